The number of hydrogen-bond acceptors (Lipinski definition) is 3. The number of hydrogen-bond donors (Lipinski definition) is 0. The van der Waals surface area contributed by atoms with E-state index in [4.69, 9.17) is 4.74 Å². The van der Waals surface area contributed by atoms with Gasteiger partial charge in [-0.1, -0.05) is 0 Å². The molecule has 1 aromatic carbocycles. The molecule has 6 heteroatoms. The predicted octanol–water partition coefficient (Wildman–Crippen LogP) is 3.35. The summed E-state index contributed by atoms with van der Waals surface area (Å²) in [6.45, 7) is 0. The van der Waals surface area contributed by atoms with Crippen LogP contribution < -0.4 is 4.74 Å². The highest BCUT2D eigenvalue weighted by Crippen LogP contribution is 2.33. The third-order valence-electron chi connectivity index (χ3n) is 1.73. The minimum atomic E-state index is -1.00. The van der Waals surface area contributed by atoms with E-state index in [0.717, 1.165) is 0 Å². The van der Waals surface area contributed by atoms with Crippen LogP contribution in [0.3, 0.4) is 0 Å². The van der Waals surface area contributed by atoms with E-state index in [1.807, 2.05) is 0 Å². The zero-order chi connectivity index (χ0) is 10.3. The summed E-state index contributed by atoms with van der Waals surface area (Å²) < 4.78 is 32.3. The summed E-state index contributed by atoms with van der Waals surface area (Å²) in [6.07, 6.45) is 0. The van der Waals surface area contributed by atoms with Gasteiger partial charge in [0.2, 0.25) is 5.82 Å². The molecule has 2 aromatic rings. The van der Waals surface area contributed by atoms with E-state index < -0.39 is 11.6 Å². The van der Waals surface area contributed by atoms with Crippen LogP contribution in [0, 0.1) is 11.6 Å². The standard InChI is InChI=1S/C8H4BrF2NOS/c1-13-3-2-4-7(6(11)5(3)10)12-8(9)14-4/h2H,1H3. The minimum Gasteiger partial charge on any atom is -0.494 e. The Morgan fingerprint density at radius 2 is 2.14 bits per heavy atom. The van der Waals surface area contributed by atoms with Gasteiger partial charge < -0.3 is 4.74 Å². The Balaban J connectivity index is 2.84. The molecule has 0 aliphatic carbocycles. The van der Waals surface area contributed by atoms with Gasteiger partial charge in [-0.15, -0.1) is 11.3 Å². The third-order valence-corrected chi connectivity index (χ3v) is 3.18. The number of nitrogens with zero attached hydrogens (tertiary/aromatic N) is 1. The van der Waals surface area contributed by atoms with Crippen molar-refractivity contribution in [2.75, 3.05) is 7.11 Å². The van der Waals surface area contributed by atoms with Gasteiger partial charge in [-0.2, -0.15) is 4.39 Å². The molecule has 0 bridgehead atoms. The van der Waals surface area contributed by atoms with Crippen molar-refractivity contribution in [2.24, 2.45) is 0 Å². The normalized spacial score (nSPS) is 10.9. The van der Waals surface area contributed by atoms with Crippen LogP contribution >= 0.6 is 27.3 Å². The predicted molar refractivity (Wildman–Crippen MR) is 53.8 cm³/mol. The summed E-state index contributed by atoms with van der Waals surface area (Å²) in [5.41, 5.74) is 0.0279. The van der Waals surface area contributed by atoms with Crippen molar-refractivity contribution in [3.8, 4) is 5.75 Å². The van der Waals surface area contributed by atoms with Crippen molar-refractivity contribution < 1.29 is 13.5 Å². The molecule has 0 saturated heterocycles. The molecule has 0 amide bonds. The van der Waals surface area contributed by atoms with E-state index in [9.17, 15) is 8.78 Å². The molecule has 1 heterocycles. The lowest BCUT2D eigenvalue weighted by Crippen LogP contribution is -1.92. The first-order valence-electron chi connectivity index (χ1n) is 3.61. The Kier molecular flexibility index (Phi) is 2.40. The van der Waals surface area contributed by atoms with E-state index >= 15 is 0 Å². The first-order valence-corrected chi connectivity index (χ1v) is 5.22. The molecule has 74 valence electrons. The highest BCUT2D eigenvalue weighted by Gasteiger charge is 2.17. The molecule has 0 spiro atoms. The summed E-state index contributed by atoms with van der Waals surface area (Å²) in [5, 5.41) is 0. The van der Waals surface area contributed by atoms with Crippen molar-refractivity contribution in [1.29, 1.82) is 0 Å². The Morgan fingerprint density at radius 1 is 1.43 bits per heavy atom. The fraction of sp³-hybridized carbons (Fsp3) is 0.125. The van der Waals surface area contributed by atoms with Crippen molar-refractivity contribution in [2.45, 2.75) is 0 Å². The number of ether oxygens (including phenoxy) is 1. The van der Waals surface area contributed by atoms with Gasteiger partial charge in [-0.3, -0.25) is 0 Å². The second kappa shape index (κ2) is 3.43. The number of rotatable bonds is 1. The Hall–Kier alpha value is -0.750. The van der Waals surface area contributed by atoms with E-state index in [1.165, 1.54) is 24.5 Å². The van der Waals surface area contributed by atoms with Gasteiger partial charge in [0.05, 0.1) is 11.8 Å². The molecule has 0 N–H and O–H groups in total. The first kappa shape index (κ1) is 9.79. The smallest absolute Gasteiger partial charge is 0.202 e. The lowest BCUT2D eigenvalue weighted by Gasteiger charge is -2.01. The van der Waals surface area contributed by atoms with Crippen LogP contribution in [0.5, 0.6) is 5.75 Å². The van der Waals surface area contributed by atoms with Crippen LogP contribution in [-0.4, -0.2) is 12.1 Å². The molecule has 2 rings (SSSR count). The maximum atomic E-state index is 13.3. The third kappa shape index (κ3) is 1.38. The lowest BCUT2D eigenvalue weighted by molar-refractivity contribution is 0.374. The lowest BCUT2D eigenvalue weighted by atomic mass is 10.3. The first-order chi connectivity index (χ1) is 6.63. The fourth-order valence-corrected chi connectivity index (χ4v) is 2.52. The van der Waals surface area contributed by atoms with Crippen LogP contribution in [0.2, 0.25) is 0 Å². The molecule has 0 aliphatic heterocycles. The molecular weight excluding hydrogens is 276 g/mol. The van der Waals surface area contributed by atoms with E-state index in [-0.39, 0.29) is 11.3 Å². The average molecular weight is 280 g/mol. The van der Waals surface area contributed by atoms with Gasteiger partial charge >= 0.3 is 0 Å². The second-order valence-electron chi connectivity index (χ2n) is 2.52. The van der Waals surface area contributed by atoms with Crippen LogP contribution in [0.25, 0.3) is 10.2 Å². The van der Waals surface area contributed by atoms with Crippen LogP contribution in [0.4, 0.5) is 8.78 Å². The zero-order valence-corrected chi connectivity index (χ0v) is 9.38. The highest BCUT2D eigenvalue weighted by molar-refractivity contribution is 9.11. The van der Waals surface area contributed by atoms with Crippen molar-refractivity contribution >= 4 is 37.5 Å². The van der Waals surface area contributed by atoms with Gasteiger partial charge in [-0.05, 0) is 15.9 Å². The molecule has 1 aromatic heterocycles. The van der Waals surface area contributed by atoms with E-state index in [0.29, 0.717) is 8.62 Å². The largest absolute Gasteiger partial charge is 0.494 e. The quantitative estimate of drug-likeness (QED) is 0.799. The van der Waals surface area contributed by atoms with Crippen LogP contribution in [0.1, 0.15) is 0 Å². The molecule has 0 radical (unpaired) electrons. The molecule has 14 heavy (non-hydrogen) atoms. The number of benzene rings is 1. The van der Waals surface area contributed by atoms with Gasteiger partial charge in [0.25, 0.3) is 0 Å². The zero-order valence-electron chi connectivity index (χ0n) is 6.97. The molecule has 0 atom stereocenters. The van der Waals surface area contributed by atoms with Crippen molar-refractivity contribution in [3.63, 3.8) is 0 Å². The molecule has 0 aliphatic rings. The maximum Gasteiger partial charge on any atom is 0.202 e. The summed E-state index contributed by atoms with van der Waals surface area (Å²) in [4.78, 5) is 3.81. The number of aromatic nitrogens is 1. The molecule has 2 nitrogen and oxygen atoms in total. The minimum absolute atomic E-state index is 0.0279. The van der Waals surface area contributed by atoms with Crippen molar-refractivity contribution in [3.05, 3.63) is 21.6 Å². The van der Waals surface area contributed by atoms with Gasteiger partial charge in [0, 0.05) is 6.07 Å². The fourth-order valence-electron chi connectivity index (χ4n) is 1.10. The van der Waals surface area contributed by atoms with Crippen LogP contribution in [0.15, 0.2) is 9.98 Å². The molecular formula is C8H4BrF2NOS. The maximum absolute atomic E-state index is 13.3. The Bertz CT molecular complexity index is 500. The highest BCUT2D eigenvalue weighted by atomic mass is 79.9. The number of fused-ring (bicyclic) bond motifs is 1. The molecule has 0 unspecified atom stereocenters. The average Bonchev–Trinajstić information content (AvgIpc) is 2.52. The van der Waals surface area contributed by atoms with E-state index in [2.05, 4.69) is 20.9 Å². The summed E-state index contributed by atoms with van der Waals surface area (Å²) in [7, 11) is 1.29. The Morgan fingerprint density at radius 3 is 2.79 bits per heavy atom. The van der Waals surface area contributed by atoms with Gasteiger partial charge in [0.1, 0.15) is 5.52 Å². The molecule has 0 saturated carbocycles. The number of thiazole rings is 1. The SMILES string of the molecule is COc1cc2sc(Br)nc2c(F)c1F. The Labute approximate surface area is 90.7 Å². The van der Waals surface area contributed by atoms with Crippen molar-refractivity contribution in [1.82, 2.24) is 4.98 Å². The number of methoxy groups -OCH3 is 1. The summed E-state index contributed by atoms with van der Waals surface area (Å²) in [5.74, 6) is -2.08. The van der Waals surface area contributed by atoms with E-state index in [1.54, 1.807) is 0 Å². The summed E-state index contributed by atoms with van der Waals surface area (Å²) in [6, 6.07) is 1.43. The number of halogens is 3. The van der Waals surface area contributed by atoms with Gasteiger partial charge in [0.15, 0.2) is 15.5 Å². The topological polar surface area (TPSA) is 22.1 Å². The molecule has 0 fully saturated rings. The van der Waals surface area contributed by atoms with Gasteiger partial charge in [-0.25, -0.2) is 9.37 Å². The van der Waals surface area contributed by atoms with Crippen LogP contribution in [-0.2, 0) is 0 Å². The monoisotopic (exact) mass is 279 g/mol. The summed E-state index contributed by atoms with van der Waals surface area (Å²) >= 11 is 4.33. The second-order valence-corrected chi connectivity index (χ2v) is 4.83.